The molecule has 0 fully saturated rings. The van der Waals surface area contributed by atoms with Crippen LogP contribution >= 0.6 is 27.5 Å². The van der Waals surface area contributed by atoms with Crippen LogP contribution in [-0.4, -0.2) is 10.3 Å². The monoisotopic (exact) mass is 260 g/mol. The summed E-state index contributed by atoms with van der Waals surface area (Å²) in [5, 5.41) is 1.55. The molecule has 4 heteroatoms. The van der Waals surface area contributed by atoms with Crippen molar-refractivity contribution >= 4 is 39.4 Å². The maximum atomic E-state index is 5.77. The van der Waals surface area contributed by atoms with Gasteiger partial charge in [0.25, 0.3) is 0 Å². The lowest BCUT2D eigenvalue weighted by Gasteiger charge is -1.98. The number of nitrogens with zero attached hydrogens (tertiary/aromatic N) is 1. The maximum Gasteiger partial charge on any atom is 0.130 e. The number of pyridine rings is 1. The highest BCUT2D eigenvalue weighted by atomic mass is 79.9. The molecular formula is C9H10BrClN2. The molecule has 13 heavy (non-hydrogen) atoms. The van der Waals surface area contributed by atoms with Crippen LogP contribution in [0.5, 0.6) is 0 Å². The van der Waals surface area contributed by atoms with Gasteiger partial charge in [0.15, 0.2) is 0 Å². The van der Waals surface area contributed by atoms with Crippen LogP contribution in [-0.2, 0) is 0 Å². The number of nitrogen functional groups attached to an aromatic ring is 1. The summed E-state index contributed by atoms with van der Waals surface area (Å²) in [5.41, 5.74) is 6.51. The van der Waals surface area contributed by atoms with E-state index in [9.17, 15) is 0 Å². The van der Waals surface area contributed by atoms with Gasteiger partial charge >= 0.3 is 0 Å². The molecule has 0 saturated carbocycles. The Kier molecular flexibility index (Phi) is 4.25. The average Bonchev–Trinajstić information content (AvgIpc) is 2.11. The van der Waals surface area contributed by atoms with Gasteiger partial charge in [0.1, 0.15) is 5.82 Å². The second-order valence-corrected chi connectivity index (χ2v) is 3.74. The minimum Gasteiger partial charge on any atom is -0.383 e. The van der Waals surface area contributed by atoms with Crippen LogP contribution in [0.4, 0.5) is 5.82 Å². The Morgan fingerprint density at radius 3 is 3.08 bits per heavy atom. The number of rotatable bonds is 3. The fourth-order valence-corrected chi connectivity index (χ4v) is 1.30. The van der Waals surface area contributed by atoms with E-state index in [1.54, 1.807) is 12.3 Å². The Labute approximate surface area is 90.9 Å². The third-order valence-corrected chi connectivity index (χ3v) is 2.15. The molecule has 1 heterocycles. The molecular weight excluding hydrogens is 251 g/mol. The van der Waals surface area contributed by atoms with Gasteiger partial charge in [-0.15, -0.1) is 0 Å². The van der Waals surface area contributed by atoms with Crippen LogP contribution in [0.25, 0.3) is 6.08 Å². The van der Waals surface area contributed by atoms with Crippen LogP contribution < -0.4 is 5.73 Å². The highest BCUT2D eigenvalue weighted by molar-refractivity contribution is 9.09. The summed E-state index contributed by atoms with van der Waals surface area (Å²) >= 11 is 9.10. The lowest BCUT2D eigenvalue weighted by Crippen LogP contribution is -1.92. The number of aromatic nitrogens is 1. The van der Waals surface area contributed by atoms with Crippen molar-refractivity contribution in [3.05, 3.63) is 28.9 Å². The summed E-state index contributed by atoms with van der Waals surface area (Å²) < 4.78 is 0. The summed E-state index contributed by atoms with van der Waals surface area (Å²) in [7, 11) is 0. The van der Waals surface area contributed by atoms with Gasteiger partial charge in [0.05, 0.1) is 5.02 Å². The quantitative estimate of drug-likeness (QED) is 0.849. The SMILES string of the molecule is Nc1ncc(Cl)cc1C=CCCBr. The Morgan fingerprint density at radius 2 is 2.38 bits per heavy atom. The fraction of sp³-hybridized carbons (Fsp3) is 0.222. The molecule has 2 N–H and O–H groups in total. The van der Waals surface area contributed by atoms with Gasteiger partial charge in [0.2, 0.25) is 0 Å². The minimum atomic E-state index is 0.509. The first-order valence-corrected chi connectivity index (χ1v) is 5.37. The van der Waals surface area contributed by atoms with Crippen molar-refractivity contribution in [1.29, 1.82) is 0 Å². The highest BCUT2D eigenvalue weighted by Crippen LogP contribution is 2.16. The first kappa shape index (κ1) is 10.5. The van der Waals surface area contributed by atoms with Gasteiger partial charge in [-0.1, -0.05) is 39.7 Å². The third-order valence-electron chi connectivity index (χ3n) is 1.49. The molecule has 0 aliphatic rings. The number of hydrogen-bond acceptors (Lipinski definition) is 2. The zero-order chi connectivity index (χ0) is 9.68. The predicted molar refractivity (Wildman–Crippen MR) is 61.1 cm³/mol. The van der Waals surface area contributed by atoms with Crippen molar-refractivity contribution in [3.63, 3.8) is 0 Å². The Bertz CT molecular complexity index is 312. The molecule has 0 aromatic carbocycles. The van der Waals surface area contributed by atoms with Crippen LogP contribution in [0.1, 0.15) is 12.0 Å². The second kappa shape index (κ2) is 5.25. The van der Waals surface area contributed by atoms with Crippen molar-refractivity contribution in [2.45, 2.75) is 6.42 Å². The van der Waals surface area contributed by atoms with Crippen LogP contribution in [0.3, 0.4) is 0 Å². The Balaban J connectivity index is 2.81. The molecule has 1 aromatic heterocycles. The molecule has 70 valence electrons. The lowest BCUT2D eigenvalue weighted by molar-refractivity contribution is 1.27. The van der Waals surface area contributed by atoms with Crippen LogP contribution in [0.15, 0.2) is 18.3 Å². The molecule has 0 spiro atoms. The van der Waals surface area contributed by atoms with Crippen molar-refractivity contribution in [3.8, 4) is 0 Å². The van der Waals surface area contributed by atoms with Gasteiger partial charge in [-0.05, 0) is 12.5 Å². The molecule has 0 unspecified atom stereocenters. The number of nitrogens with two attached hydrogens (primary N) is 1. The zero-order valence-corrected chi connectivity index (χ0v) is 9.35. The minimum absolute atomic E-state index is 0.509. The Hall–Kier alpha value is -0.540. The van der Waals surface area contributed by atoms with E-state index in [1.807, 2.05) is 12.2 Å². The van der Waals surface area contributed by atoms with Gasteiger partial charge in [-0.2, -0.15) is 0 Å². The van der Waals surface area contributed by atoms with E-state index in [-0.39, 0.29) is 0 Å². The second-order valence-electron chi connectivity index (χ2n) is 2.51. The van der Waals surface area contributed by atoms with E-state index in [4.69, 9.17) is 17.3 Å². The topological polar surface area (TPSA) is 38.9 Å². The van der Waals surface area contributed by atoms with Gasteiger partial charge in [0, 0.05) is 17.1 Å². The number of alkyl halides is 1. The summed E-state index contributed by atoms with van der Waals surface area (Å²) in [4.78, 5) is 3.94. The van der Waals surface area contributed by atoms with Gasteiger partial charge in [-0.3, -0.25) is 0 Å². The number of anilines is 1. The maximum absolute atomic E-state index is 5.77. The molecule has 1 rings (SSSR count). The average molecular weight is 262 g/mol. The predicted octanol–water partition coefficient (Wildman–Crippen LogP) is 3.12. The standard InChI is InChI=1S/C9H10BrClN2/c10-4-2-1-3-7-5-8(11)6-13-9(7)12/h1,3,5-6H,2,4H2,(H2,12,13). The molecule has 0 aliphatic heterocycles. The van der Waals surface area contributed by atoms with E-state index in [1.165, 1.54) is 0 Å². The molecule has 2 nitrogen and oxygen atoms in total. The third kappa shape index (κ3) is 3.36. The summed E-state index contributed by atoms with van der Waals surface area (Å²) in [5.74, 6) is 0.509. The van der Waals surface area contributed by atoms with Crippen molar-refractivity contribution in [2.75, 3.05) is 11.1 Å². The molecule has 0 saturated heterocycles. The smallest absolute Gasteiger partial charge is 0.130 e. The number of allylic oxidation sites excluding steroid dienone is 1. The molecule has 0 atom stereocenters. The number of halogens is 2. The molecule has 0 aliphatic carbocycles. The van der Waals surface area contributed by atoms with E-state index in [0.717, 1.165) is 17.3 Å². The van der Waals surface area contributed by atoms with Crippen molar-refractivity contribution in [2.24, 2.45) is 0 Å². The van der Waals surface area contributed by atoms with E-state index >= 15 is 0 Å². The van der Waals surface area contributed by atoms with Gasteiger partial charge in [-0.25, -0.2) is 4.98 Å². The first-order valence-electron chi connectivity index (χ1n) is 3.87. The largest absolute Gasteiger partial charge is 0.383 e. The van der Waals surface area contributed by atoms with E-state index in [0.29, 0.717) is 10.8 Å². The Morgan fingerprint density at radius 1 is 1.62 bits per heavy atom. The molecule has 0 radical (unpaired) electrons. The summed E-state index contributed by atoms with van der Waals surface area (Å²) in [6, 6.07) is 1.80. The van der Waals surface area contributed by atoms with Crippen LogP contribution in [0, 0.1) is 0 Å². The van der Waals surface area contributed by atoms with E-state index < -0.39 is 0 Å². The molecule has 1 aromatic rings. The summed E-state index contributed by atoms with van der Waals surface area (Å²) in [6.45, 7) is 0. The van der Waals surface area contributed by atoms with Gasteiger partial charge < -0.3 is 5.73 Å². The zero-order valence-electron chi connectivity index (χ0n) is 7.00. The summed E-state index contributed by atoms with van der Waals surface area (Å²) in [6.07, 6.45) is 6.46. The molecule has 0 bridgehead atoms. The number of hydrogen-bond donors (Lipinski definition) is 1. The van der Waals surface area contributed by atoms with E-state index in [2.05, 4.69) is 20.9 Å². The molecule has 0 amide bonds. The lowest BCUT2D eigenvalue weighted by atomic mass is 10.2. The van der Waals surface area contributed by atoms with Crippen molar-refractivity contribution < 1.29 is 0 Å². The first-order chi connectivity index (χ1) is 6.24. The fourth-order valence-electron chi connectivity index (χ4n) is 0.872. The highest BCUT2D eigenvalue weighted by Gasteiger charge is 1.96. The normalized spacial score (nSPS) is 10.9. The van der Waals surface area contributed by atoms with Crippen molar-refractivity contribution in [1.82, 2.24) is 4.98 Å². The van der Waals surface area contributed by atoms with Crippen LogP contribution in [0.2, 0.25) is 5.02 Å².